The van der Waals surface area contributed by atoms with Crippen LogP contribution in [0.3, 0.4) is 0 Å². The van der Waals surface area contributed by atoms with Gasteiger partial charge in [0.15, 0.2) is 11.5 Å². The minimum atomic E-state index is -0.521. The van der Waals surface area contributed by atoms with Crippen LogP contribution in [0.15, 0.2) is 22.7 Å². The van der Waals surface area contributed by atoms with Crippen LogP contribution in [0.2, 0.25) is 5.02 Å². The first kappa shape index (κ1) is 19.2. The van der Waals surface area contributed by atoms with Gasteiger partial charge >= 0.3 is 0 Å². The summed E-state index contributed by atoms with van der Waals surface area (Å²) in [5.74, 6) is 0.681. The fourth-order valence-corrected chi connectivity index (χ4v) is 3.17. The molecule has 0 saturated carbocycles. The number of halogens is 1. The Balaban J connectivity index is 1.66. The number of aryl methyl sites for hydroxylation is 2. The molecule has 0 spiro atoms. The van der Waals surface area contributed by atoms with Gasteiger partial charge in [-0.3, -0.25) is 9.59 Å². The molecule has 1 atom stereocenters. The number of aromatic nitrogens is 1. The van der Waals surface area contributed by atoms with Gasteiger partial charge < -0.3 is 19.1 Å². The molecule has 27 heavy (non-hydrogen) atoms. The molecular formula is C19H22ClN3O4. The number of likely N-dealkylation sites (N-methyl/N-ethyl adjacent to an activating group) is 1. The van der Waals surface area contributed by atoms with Crippen LogP contribution in [0.25, 0.3) is 0 Å². The minimum Gasteiger partial charge on any atom is -0.486 e. The van der Waals surface area contributed by atoms with E-state index in [1.165, 1.54) is 4.90 Å². The first-order valence-electron chi connectivity index (χ1n) is 8.69. The lowest BCUT2D eigenvalue weighted by Gasteiger charge is -2.36. The van der Waals surface area contributed by atoms with E-state index in [-0.39, 0.29) is 24.1 Å². The van der Waals surface area contributed by atoms with Gasteiger partial charge in [-0.1, -0.05) is 16.8 Å². The summed E-state index contributed by atoms with van der Waals surface area (Å²) < 4.78 is 10.9. The highest BCUT2D eigenvalue weighted by molar-refractivity contribution is 6.32. The Morgan fingerprint density at radius 2 is 1.96 bits per heavy atom. The number of nitrogens with zero attached hydrogens (tertiary/aromatic N) is 3. The molecule has 1 aliphatic rings. The molecule has 8 heteroatoms. The summed E-state index contributed by atoms with van der Waals surface area (Å²) in [6, 6.07) is 4.71. The predicted molar refractivity (Wildman–Crippen MR) is 99.9 cm³/mol. The Kier molecular flexibility index (Phi) is 5.41. The maximum Gasteiger partial charge on any atom is 0.276 e. The zero-order chi connectivity index (χ0) is 19.7. The van der Waals surface area contributed by atoms with Crippen LogP contribution in [0.5, 0.6) is 5.75 Å². The second-order valence-electron chi connectivity index (χ2n) is 6.77. The van der Waals surface area contributed by atoms with Crippen LogP contribution in [0.1, 0.15) is 34.3 Å². The van der Waals surface area contributed by atoms with E-state index >= 15 is 0 Å². The lowest BCUT2D eigenvalue weighted by Crippen LogP contribution is -2.56. The maximum absolute atomic E-state index is 12.7. The third-order valence-electron chi connectivity index (χ3n) is 4.71. The zero-order valence-corrected chi connectivity index (χ0v) is 16.5. The van der Waals surface area contributed by atoms with Gasteiger partial charge in [0, 0.05) is 31.2 Å². The van der Waals surface area contributed by atoms with Gasteiger partial charge in [-0.05, 0) is 44.0 Å². The van der Waals surface area contributed by atoms with E-state index in [4.69, 9.17) is 20.9 Å². The topological polar surface area (TPSA) is 75.9 Å². The monoisotopic (exact) mass is 391 g/mol. The number of benzene rings is 1. The van der Waals surface area contributed by atoms with E-state index in [1.807, 2.05) is 26.0 Å². The summed E-state index contributed by atoms with van der Waals surface area (Å²) in [6.45, 7) is 6.63. The van der Waals surface area contributed by atoms with Crippen molar-refractivity contribution in [3.05, 3.63) is 45.8 Å². The molecule has 3 rings (SSSR count). The number of ether oxygens (including phenoxy) is 1. The highest BCUT2D eigenvalue weighted by atomic mass is 35.5. The number of rotatable bonds is 4. The molecule has 2 amide bonds. The third kappa shape index (κ3) is 3.93. The Morgan fingerprint density at radius 1 is 1.30 bits per heavy atom. The van der Waals surface area contributed by atoms with E-state index in [2.05, 4.69) is 5.16 Å². The van der Waals surface area contributed by atoms with E-state index < -0.39 is 6.04 Å². The molecular weight excluding hydrogens is 370 g/mol. The van der Waals surface area contributed by atoms with E-state index in [1.54, 1.807) is 24.9 Å². The first-order valence-corrected chi connectivity index (χ1v) is 9.07. The average Bonchev–Trinajstić information content (AvgIpc) is 3.11. The van der Waals surface area contributed by atoms with Crippen LogP contribution in [-0.2, 0) is 11.4 Å². The van der Waals surface area contributed by atoms with Crippen molar-refractivity contribution in [1.82, 2.24) is 15.0 Å². The van der Waals surface area contributed by atoms with Gasteiger partial charge in [-0.25, -0.2) is 0 Å². The fourth-order valence-electron chi connectivity index (χ4n) is 3.06. The largest absolute Gasteiger partial charge is 0.486 e. The molecule has 0 unspecified atom stereocenters. The molecule has 1 aliphatic heterocycles. The highest BCUT2D eigenvalue weighted by Crippen LogP contribution is 2.26. The van der Waals surface area contributed by atoms with Crippen molar-refractivity contribution >= 4 is 23.4 Å². The molecule has 2 heterocycles. The van der Waals surface area contributed by atoms with Crippen molar-refractivity contribution in [3.8, 4) is 5.75 Å². The minimum absolute atomic E-state index is 0.0878. The molecule has 0 radical (unpaired) electrons. The highest BCUT2D eigenvalue weighted by Gasteiger charge is 2.34. The van der Waals surface area contributed by atoms with E-state index in [9.17, 15) is 9.59 Å². The number of carbonyl (C=O) groups is 2. The summed E-state index contributed by atoms with van der Waals surface area (Å²) in [5.41, 5.74) is 2.02. The summed E-state index contributed by atoms with van der Waals surface area (Å²) in [5, 5.41) is 4.55. The summed E-state index contributed by atoms with van der Waals surface area (Å²) in [6.07, 6.45) is 0. The lowest BCUT2D eigenvalue weighted by molar-refractivity contribution is -0.137. The second-order valence-corrected chi connectivity index (χ2v) is 7.15. The Hall–Kier alpha value is -2.54. The van der Waals surface area contributed by atoms with Crippen molar-refractivity contribution < 1.29 is 18.8 Å². The zero-order valence-electron chi connectivity index (χ0n) is 15.8. The maximum atomic E-state index is 12.7. The quantitative estimate of drug-likeness (QED) is 0.801. The molecule has 1 aromatic carbocycles. The predicted octanol–water partition coefficient (Wildman–Crippen LogP) is 2.83. The molecule has 1 fully saturated rings. The molecule has 0 bridgehead atoms. The number of amides is 2. The standard InChI is InChI=1S/C19H22ClN3O4/c1-11-7-14(8-12(2)17(11)20)26-10-15-9-16(21-27-15)19(25)23-6-5-22(4)18(24)13(23)3/h7-9,13H,5-6,10H2,1-4H3/t13-/m0/s1. The van der Waals surface area contributed by atoms with Crippen LogP contribution in [-0.4, -0.2) is 52.9 Å². The van der Waals surface area contributed by atoms with E-state index in [0.717, 1.165) is 11.1 Å². The summed E-state index contributed by atoms with van der Waals surface area (Å²) in [4.78, 5) is 27.9. The van der Waals surface area contributed by atoms with Crippen molar-refractivity contribution in [2.75, 3.05) is 20.1 Å². The number of hydrogen-bond donors (Lipinski definition) is 0. The Bertz CT molecular complexity index is 857. The third-order valence-corrected chi connectivity index (χ3v) is 5.30. The number of hydrogen-bond acceptors (Lipinski definition) is 5. The normalized spacial score (nSPS) is 17.4. The van der Waals surface area contributed by atoms with Gasteiger partial charge in [0.2, 0.25) is 5.91 Å². The number of piperazine rings is 1. The molecule has 7 nitrogen and oxygen atoms in total. The van der Waals surface area contributed by atoms with Crippen molar-refractivity contribution in [2.45, 2.75) is 33.4 Å². The smallest absolute Gasteiger partial charge is 0.276 e. The molecule has 0 aliphatic carbocycles. The molecule has 2 aromatic rings. The lowest BCUT2D eigenvalue weighted by atomic mass is 10.1. The van der Waals surface area contributed by atoms with Gasteiger partial charge in [0.25, 0.3) is 5.91 Å². The second kappa shape index (κ2) is 7.60. The van der Waals surface area contributed by atoms with Crippen LogP contribution >= 0.6 is 11.6 Å². The summed E-state index contributed by atoms with van der Waals surface area (Å²) in [7, 11) is 1.73. The number of carbonyl (C=O) groups excluding carboxylic acids is 2. The average molecular weight is 392 g/mol. The van der Waals surface area contributed by atoms with Crippen molar-refractivity contribution in [1.29, 1.82) is 0 Å². The first-order chi connectivity index (χ1) is 12.8. The van der Waals surface area contributed by atoms with Gasteiger partial charge in [-0.15, -0.1) is 0 Å². The Morgan fingerprint density at radius 3 is 2.63 bits per heavy atom. The van der Waals surface area contributed by atoms with Crippen LogP contribution in [0, 0.1) is 13.8 Å². The van der Waals surface area contributed by atoms with Gasteiger partial charge in [0.1, 0.15) is 18.4 Å². The fraction of sp³-hybridized carbons (Fsp3) is 0.421. The van der Waals surface area contributed by atoms with Crippen molar-refractivity contribution in [2.24, 2.45) is 0 Å². The molecule has 1 aromatic heterocycles. The van der Waals surface area contributed by atoms with E-state index in [0.29, 0.717) is 29.6 Å². The van der Waals surface area contributed by atoms with Gasteiger partial charge in [-0.2, -0.15) is 0 Å². The van der Waals surface area contributed by atoms with Crippen molar-refractivity contribution in [3.63, 3.8) is 0 Å². The molecule has 0 N–H and O–H groups in total. The molecule has 144 valence electrons. The molecule has 1 saturated heterocycles. The van der Waals surface area contributed by atoms with Crippen LogP contribution in [0.4, 0.5) is 0 Å². The SMILES string of the molecule is Cc1cc(OCc2cc(C(=O)N3CCN(C)C(=O)[C@@H]3C)no2)cc(C)c1Cl. The van der Waals surface area contributed by atoms with Crippen LogP contribution < -0.4 is 4.74 Å². The Labute approximate surface area is 162 Å². The van der Waals surface area contributed by atoms with Gasteiger partial charge in [0.05, 0.1) is 0 Å². The summed E-state index contributed by atoms with van der Waals surface area (Å²) >= 11 is 6.16.